The summed E-state index contributed by atoms with van der Waals surface area (Å²) in [4.78, 5) is 15.9. The average Bonchev–Trinajstić information content (AvgIpc) is 2.66. The zero-order chi connectivity index (χ0) is 11.3. The van der Waals surface area contributed by atoms with Gasteiger partial charge in [-0.15, -0.1) is 0 Å². The predicted molar refractivity (Wildman–Crippen MR) is 57.9 cm³/mol. The molecule has 0 spiro atoms. The number of imidazole rings is 1. The third-order valence-corrected chi connectivity index (χ3v) is 2.30. The van der Waals surface area contributed by atoms with Gasteiger partial charge in [-0.2, -0.15) is 0 Å². The van der Waals surface area contributed by atoms with E-state index in [0.29, 0.717) is 12.2 Å². The number of aromatic nitrogens is 2. The van der Waals surface area contributed by atoms with Crippen molar-refractivity contribution in [1.82, 2.24) is 9.55 Å². The molecule has 0 fully saturated rings. The molecule has 1 heterocycles. The molecule has 0 saturated heterocycles. The van der Waals surface area contributed by atoms with Crippen molar-refractivity contribution in [3.8, 4) is 0 Å². The topological polar surface area (TPSA) is 44.1 Å². The van der Waals surface area contributed by atoms with Crippen LogP contribution in [0.3, 0.4) is 0 Å². The summed E-state index contributed by atoms with van der Waals surface area (Å²) in [5.74, 6) is 0.587. The van der Waals surface area contributed by atoms with Crippen molar-refractivity contribution in [3.63, 3.8) is 0 Å². The number of hydrogen-bond acceptors (Lipinski definition) is 3. The first-order valence-electron chi connectivity index (χ1n) is 5.26. The van der Waals surface area contributed by atoms with Gasteiger partial charge in [0.05, 0.1) is 6.10 Å². The number of nitrogens with zero attached hydrogens (tertiary/aromatic N) is 2. The number of Topliss-reactive ketones (excluding diaryl/α,β-unsaturated/α-hetero) is 1. The number of rotatable bonds is 6. The second-order valence-electron chi connectivity index (χ2n) is 3.62. The Hall–Kier alpha value is -1.16. The first kappa shape index (κ1) is 11.9. The van der Waals surface area contributed by atoms with Crippen LogP contribution in [0, 0.1) is 0 Å². The van der Waals surface area contributed by atoms with E-state index in [9.17, 15) is 4.79 Å². The fourth-order valence-corrected chi connectivity index (χ4v) is 1.42. The van der Waals surface area contributed by atoms with E-state index in [-0.39, 0.29) is 11.9 Å². The normalized spacial score (nSPS) is 12.7. The van der Waals surface area contributed by atoms with Gasteiger partial charge >= 0.3 is 0 Å². The maximum absolute atomic E-state index is 11.8. The molecule has 4 heteroatoms. The molecular formula is C11H18N2O2. The van der Waals surface area contributed by atoms with Crippen LogP contribution in [0.1, 0.15) is 37.3 Å². The second-order valence-corrected chi connectivity index (χ2v) is 3.62. The highest BCUT2D eigenvalue weighted by atomic mass is 16.5. The molecule has 1 aromatic heterocycles. The Bertz CT molecular complexity index is 320. The standard InChI is InChI=1S/C11H18N2O2/c1-4-6-13-7-5-12-11(13)10(14)8-9(2)15-3/h5,7,9H,4,6,8H2,1-3H3. The molecule has 0 aromatic carbocycles. The molecule has 0 aliphatic carbocycles. The summed E-state index contributed by atoms with van der Waals surface area (Å²) >= 11 is 0. The van der Waals surface area contributed by atoms with Gasteiger partial charge in [-0.3, -0.25) is 4.79 Å². The van der Waals surface area contributed by atoms with Crippen molar-refractivity contribution >= 4 is 5.78 Å². The van der Waals surface area contributed by atoms with Gasteiger partial charge in [0.15, 0.2) is 5.82 Å². The van der Waals surface area contributed by atoms with E-state index in [1.165, 1.54) is 0 Å². The first-order chi connectivity index (χ1) is 7.19. The van der Waals surface area contributed by atoms with Crippen molar-refractivity contribution in [2.75, 3.05) is 7.11 Å². The Kier molecular flexibility index (Phi) is 4.49. The molecule has 84 valence electrons. The number of ketones is 1. The fourth-order valence-electron chi connectivity index (χ4n) is 1.42. The Labute approximate surface area is 90.3 Å². The van der Waals surface area contributed by atoms with E-state index in [2.05, 4.69) is 11.9 Å². The number of methoxy groups -OCH3 is 1. The molecule has 0 saturated carbocycles. The van der Waals surface area contributed by atoms with Gasteiger partial charge in [0.1, 0.15) is 0 Å². The molecule has 0 amide bonds. The maximum Gasteiger partial charge on any atom is 0.200 e. The second kappa shape index (κ2) is 5.66. The van der Waals surface area contributed by atoms with E-state index < -0.39 is 0 Å². The summed E-state index contributed by atoms with van der Waals surface area (Å²) in [6.45, 7) is 4.79. The smallest absolute Gasteiger partial charge is 0.200 e. The van der Waals surface area contributed by atoms with Crippen LogP contribution in [0.2, 0.25) is 0 Å². The highest BCUT2D eigenvalue weighted by Crippen LogP contribution is 2.06. The van der Waals surface area contributed by atoms with Crippen LogP contribution in [0.4, 0.5) is 0 Å². The molecule has 0 N–H and O–H groups in total. The van der Waals surface area contributed by atoms with Crippen molar-refractivity contribution in [2.24, 2.45) is 0 Å². The maximum atomic E-state index is 11.8. The lowest BCUT2D eigenvalue weighted by Crippen LogP contribution is -2.16. The molecule has 1 aromatic rings. The number of carbonyl (C=O) groups is 1. The van der Waals surface area contributed by atoms with Gasteiger partial charge in [-0.1, -0.05) is 6.92 Å². The van der Waals surface area contributed by atoms with Crippen molar-refractivity contribution < 1.29 is 9.53 Å². The molecule has 0 bridgehead atoms. The average molecular weight is 210 g/mol. The summed E-state index contributed by atoms with van der Waals surface area (Å²) in [7, 11) is 1.61. The van der Waals surface area contributed by atoms with Crippen LogP contribution in [0.25, 0.3) is 0 Å². The Balaban J connectivity index is 2.68. The molecule has 0 radical (unpaired) electrons. The van der Waals surface area contributed by atoms with E-state index >= 15 is 0 Å². The van der Waals surface area contributed by atoms with E-state index in [1.54, 1.807) is 13.3 Å². The zero-order valence-corrected chi connectivity index (χ0v) is 9.56. The third-order valence-electron chi connectivity index (χ3n) is 2.30. The number of aryl methyl sites for hydroxylation is 1. The largest absolute Gasteiger partial charge is 0.381 e. The number of ether oxygens (including phenoxy) is 1. The summed E-state index contributed by atoms with van der Waals surface area (Å²) in [6.07, 6.45) is 4.84. The highest BCUT2D eigenvalue weighted by Gasteiger charge is 2.15. The summed E-state index contributed by atoms with van der Waals surface area (Å²) in [5.41, 5.74) is 0. The van der Waals surface area contributed by atoms with Crippen LogP contribution in [-0.2, 0) is 11.3 Å². The zero-order valence-electron chi connectivity index (χ0n) is 9.56. The third kappa shape index (κ3) is 3.16. The van der Waals surface area contributed by atoms with Gasteiger partial charge < -0.3 is 9.30 Å². The van der Waals surface area contributed by atoms with Crippen LogP contribution >= 0.6 is 0 Å². The van der Waals surface area contributed by atoms with Crippen molar-refractivity contribution in [3.05, 3.63) is 18.2 Å². The molecule has 0 aliphatic heterocycles. The molecule has 1 unspecified atom stereocenters. The van der Waals surface area contributed by atoms with Crippen LogP contribution in [0.5, 0.6) is 0 Å². The molecule has 0 aliphatic rings. The minimum atomic E-state index is -0.0516. The van der Waals surface area contributed by atoms with Crippen LogP contribution in [-0.4, -0.2) is 28.5 Å². The summed E-state index contributed by atoms with van der Waals surface area (Å²) in [5, 5.41) is 0. The van der Waals surface area contributed by atoms with Gasteiger partial charge in [0.25, 0.3) is 0 Å². The Morgan fingerprint density at radius 1 is 1.67 bits per heavy atom. The lowest BCUT2D eigenvalue weighted by molar-refractivity contribution is 0.0779. The van der Waals surface area contributed by atoms with E-state index in [0.717, 1.165) is 13.0 Å². The minimum absolute atomic E-state index is 0.0443. The molecular weight excluding hydrogens is 192 g/mol. The Morgan fingerprint density at radius 3 is 3.00 bits per heavy atom. The van der Waals surface area contributed by atoms with Gasteiger partial charge in [-0.05, 0) is 13.3 Å². The number of carbonyl (C=O) groups excluding carboxylic acids is 1. The number of hydrogen-bond donors (Lipinski definition) is 0. The van der Waals surface area contributed by atoms with Gasteiger partial charge in [0, 0.05) is 32.5 Å². The lowest BCUT2D eigenvalue weighted by Gasteiger charge is -2.09. The molecule has 15 heavy (non-hydrogen) atoms. The van der Waals surface area contributed by atoms with Crippen molar-refractivity contribution in [1.29, 1.82) is 0 Å². The molecule has 1 atom stereocenters. The molecule has 1 rings (SSSR count). The summed E-state index contributed by atoms with van der Waals surface area (Å²) in [6, 6.07) is 0. The fraction of sp³-hybridized carbons (Fsp3) is 0.636. The Morgan fingerprint density at radius 2 is 2.40 bits per heavy atom. The van der Waals surface area contributed by atoms with Gasteiger partial charge in [-0.25, -0.2) is 4.98 Å². The van der Waals surface area contributed by atoms with Crippen LogP contribution < -0.4 is 0 Å². The van der Waals surface area contributed by atoms with Crippen molar-refractivity contribution in [2.45, 2.75) is 39.3 Å². The van der Waals surface area contributed by atoms with E-state index in [1.807, 2.05) is 17.7 Å². The van der Waals surface area contributed by atoms with E-state index in [4.69, 9.17) is 4.74 Å². The van der Waals surface area contributed by atoms with Gasteiger partial charge in [0.2, 0.25) is 5.78 Å². The minimum Gasteiger partial charge on any atom is -0.381 e. The predicted octanol–water partition coefficient (Wildman–Crippen LogP) is 1.90. The lowest BCUT2D eigenvalue weighted by atomic mass is 10.2. The van der Waals surface area contributed by atoms with Crippen LogP contribution in [0.15, 0.2) is 12.4 Å². The summed E-state index contributed by atoms with van der Waals surface area (Å²) < 4.78 is 6.95. The SMILES string of the molecule is CCCn1ccnc1C(=O)CC(C)OC. The quantitative estimate of drug-likeness (QED) is 0.673. The molecule has 4 nitrogen and oxygen atoms in total. The first-order valence-corrected chi connectivity index (χ1v) is 5.26. The monoisotopic (exact) mass is 210 g/mol. The highest BCUT2D eigenvalue weighted by molar-refractivity contribution is 5.93.